The first-order valence-electron chi connectivity index (χ1n) is 7.47. The molecule has 122 valence electrons. The van der Waals surface area contributed by atoms with E-state index in [-0.39, 0.29) is 16.8 Å². The van der Waals surface area contributed by atoms with Gasteiger partial charge in [0.05, 0.1) is 4.90 Å². The lowest BCUT2D eigenvalue weighted by atomic mass is 10.0. The molecule has 0 aliphatic carbocycles. The normalized spacial score (nSPS) is 16.2. The van der Waals surface area contributed by atoms with Crippen LogP contribution in [0.5, 0.6) is 0 Å². The van der Waals surface area contributed by atoms with Gasteiger partial charge in [-0.2, -0.15) is 0 Å². The predicted octanol–water partition coefficient (Wildman–Crippen LogP) is 1.00. The Bertz CT molecular complexity index is 656. The van der Waals surface area contributed by atoms with E-state index in [9.17, 15) is 13.2 Å². The summed E-state index contributed by atoms with van der Waals surface area (Å²) in [7, 11) is -3.58. The molecule has 6 nitrogen and oxygen atoms in total. The van der Waals surface area contributed by atoms with Crippen molar-refractivity contribution in [2.24, 2.45) is 5.73 Å². The Morgan fingerprint density at radius 3 is 2.82 bits per heavy atom. The van der Waals surface area contributed by atoms with Crippen molar-refractivity contribution in [3.05, 3.63) is 23.8 Å². The van der Waals surface area contributed by atoms with Gasteiger partial charge in [-0.3, -0.25) is 4.79 Å². The molecule has 0 saturated heterocycles. The highest BCUT2D eigenvalue weighted by atomic mass is 32.2. The minimum Gasteiger partial charge on any atom is -0.328 e. The number of anilines is 1. The zero-order valence-electron chi connectivity index (χ0n) is 13.0. The third-order valence-electron chi connectivity index (χ3n) is 3.76. The summed E-state index contributed by atoms with van der Waals surface area (Å²) < 4.78 is 27.2. The van der Waals surface area contributed by atoms with Gasteiger partial charge in [0.1, 0.15) is 0 Å². The molecule has 0 saturated carbocycles. The number of benzene rings is 1. The van der Waals surface area contributed by atoms with Crippen LogP contribution in [0, 0.1) is 0 Å². The molecule has 1 aliphatic rings. The summed E-state index contributed by atoms with van der Waals surface area (Å²) >= 11 is 0. The standard InChI is InChI=1S/C15H23N3O3S/c1-11(16)7-8-17-22(20,21)14-6-5-13-4-3-9-18(12(2)19)15(13)10-14/h5-6,10-11,17H,3-4,7-9,16H2,1-2H3. The van der Waals surface area contributed by atoms with Crippen molar-refractivity contribution in [1.29, 1.82) is 0 Å². The van der Waals surface area contributed by atoms with Crippen LogP contribution in [0.4, 0.5) is 5.69 Å². The Kier molecular flexibility index (Phi) is 5.20. The lowest BCUT2D eigenvalue weighted by Crippen LogP contribution is -2.34. The zero-order valence-corrected chi connectivity index (χ0v) is 13.8. The number of fused-ring (bicyclic) bond motifs is 1. The molecule has 1 atom stereocenters. The third kappa shape index (κ3) is 3.85. The molecule has 2 rings (SSSR count). The van der Waals surface area contributed by atoms with Crippen LogP contribution < -0.4 is 15.4 Å². The number of rotatable bonds is 5. The van der Waals surface area contributed by atoms with E-state index in [0.717, 1.165) is 18.4 Å². The van der Waals surface area contributed by atoms with Gasteiger partial charge in [0.25, 0.3) is 0 Å². The number of nitrogens with two attached hydrogens (primary N) is 1. The fraction of sp³-hybridized carbons (Fsp3) is 0.533. The second-order valence-electron chi connectivity index (χ2n) is 5.73. The van der Waals surface area contributed by atoms with Crippen molar-refractivity contribution in [3.8, 4) is 0 Å². The van der Waals surface area contributed by atoms with Gasteiger partial charge in [0.2, 0.25) is 15.9 Å². The van der Waals surface area contributed by atoms with Crippen LogP contribution in [0.15, 0.2) is 23.1 Å². The Morgan fingerprint density at radius 1 is 1.45 bits per heavy atom. The number of nitrogens with one attached hydrogen (secondary N) is 1. The van der Waals surface area contributed by atoms with Gasteiger partial charge >= 0.3 is 0 Å². The van der Waals surface area contributed by atoms with Gasteiger partial charge in [-0.1, -0.05) is 6.07 Å². The molecule has 1 aliphatic heterocycles. The summed E-state index contributed by atoms with van der Waals surface area (Å²) in [6.45, 7) is 4.26. The number of carbonyl (C=O) groups excluding carboxylic acids is 1. The van der Waals surface area contributed by atoms with E-state index in [1.807, 2.05) is 6.92 Å². The molecule has 0 spiro atoms. The van der Waals surface area contributed by atoms with Crippen LogP contribution in [0.3, 0.4) is 0 Å². The van der Waals surface area contributed by atoms with Crippen LogP contribution in [0.25, 0.3) is 0 Å². The van der Waals surface area contributed by atoms with E-state index in [0.29, 0.717) is 25.2 Å². The smallest absolute Gasteiger partial charge is 0.240 e. The number of nitrogens with zero attached hydrogens (tertiary/aromatic N) is 1. The van der Waals surface area contributed by atoms with Gasteiger partial charge in [0.15, 0.2) is 0 Å². The second kappa shape index (κ2) is 6.76. The van der Waals surface area contributed by atoms with Crippen LogP contribution in [-0.4, -0.2) is 33.5 Å². The van der Waals surface area contributed by atoms with E-state index in [1.54, 1.807) is 23.1 Å². The molecule has 7 heteroatoms. The molecule has 0 fully saturated rings. The number of hydrogen-bond donors (Lipinski definition) is 2. The molecule has 3 N–H and O–H groups in total. The summed E-state index contributed by atoms with van der Waals surface area (Å²) in [5, 5.41) is 0. The van der Waals surface area contributed by atoms with Crippen molar-refractivity contribution in [3.63, 3.8) is 0 Å². The molecule has 1 unspecified atom stereocenters. The highest BCUT2D eigenvalue weighted by Gasteiger charge is 2.23. The van der Waals surface area contributed by atoms with Crippen LogP contribution in [0.1, 0.15) is 32.3 Å². The van der Waals surface area contributed by atoms with Crippen molar-refractivity contribution < 1.29 is 13.2 Å². The molecule has 22 heavy (non-hydrogen) atoms. The molecular formula is C15H23N3O3S. The largest absolute Gasteiger partial charge is 0.328 e. The van der Waals surface area contributed by atoms with E-state index < -0.39 is 10.0 Å². The molecule has 1 heterocycles. The molecule has 1 aromatic carbocycles. The summed E-state index contributed by atoms with van der Waals surface area (Å²) in [5.41, 5.74) is 7.34. The highest BCUT2D eigenvalue weighted by molar-refractivity contribution is 7.89. The molecular weight excluding hydrogens is 302 g/mol. The monoisotopic (exact) mass is 325 g/mol. The molecule has 0 radical (unpaired) electrons. The maximum Gasteiger partial charge on any atom is 0.240 e. The van der Waals surface area contributed by atoms with E-state index in [2.05, 4.69) is 4.72 Å². The Balaban J connectivity index is 2.26. The van der Waals surface area contributed by atoms with Gasteiger partial charge in [0, 0.05) is 31.7 Å². The van der Waals surface area contributed by atoms with Crippen LogP contribution in [-0.2, 0) is 21.2 Å². The van der Waals surface area contributed by atoms with Crippen LogP contribution in [0.2, 0.25) is 0 Å². The lowest BCUT2D eigenvalue weighted by molar-refractivity contribution is -0.116. The van der Waals surface area contributed by atoms with Gasteiger partial charge in [-0.15, -0.1) is 0 Å². The first kappa shape index (κ1) is 16.9. The predicted molar refractivity (Wildman–Crippen MR) is 86.2 cm³/mol. The fourth-order valence-electron chi connectivity index (χ4n) is 2.55. The molecule has 0 bridgehead atoms. The van der Waals surface area contributed by atoms with E-state index in [4.69, 9.17) is 5.73 Å². The Labute approximate surface area is 131 Å². The zero-order chi connectivity index (χ0) is 16.3. The third-order valence-corrected chi connectivity index (χ3v) is 5.22. The summed E-state index contributed by atoms with van der Waals surface area (Å²) in [6.07, 6.45) is 2.33. The average Bonchev–Trinajstić information content (AvgIpc) is 2.45. The van der Waals surface area contributed by atoms with Crippen molar-refractivity contribution in [2.75, 3.05) is 18.0 Å². The topological polar surface area (TPSA) is 92.5 Å². The summed E-state index contributed by atoms with van der Waals surface area (Å²) in [6, 6.07) is 4.92. The minimum atomic E-state index is -3.58. The van der Waals surface area contributed by atoms with E-state index in [1.165, 1.54) is 6.92 Å². The first-order valence-corrected chi connectivity index (χ1v) is 8.96. The fourth-order valence-corrected chi connectivity index (χ4v) is 3.62. The molecule has 1 aromatic rings. The highest BCUT2D eigenvalue weighted by Crippen LogP contribution is 2.29. The molecule has 1 amide bonds. The molecule has 0 aromatic heterocycles. The Morgan fingerprint density at radius 2 is 2.18 bits per heavy atom. The number of aryl methyl sites for hydroxylation is 1. The number of sulfonamides is 1. The van der Waals surface area contributed by atoms with Gasteiger partial charge in [-0.25, -0.2) is 13.1 Å². The number of carbonyl (C=O) groups is 1. The van der Waals surface area contributed by atoms with Gasteiger partial charge in [-0.05, 0) is 43.9 Å². The minimum absolute atomic E-state index is 0.0561. The van der Waals surface area contributed by atoms with Crippen molar-refractivity contribution in [2.45, 2.75) is 44.0 Å². The quantitative estimate of drug-likeness (QED) is 0.845. The van der Waals surface area contributed by atoms with Crippen molar-refractivity contribution >= 4 is 21.6 Å². The summed E-state index contributed by atoms with van der Waals surface area (Å²) in [4.78, 5) is 13.5. The van der Waals surface area contributed by atoms with Gasteiger partial charge < -0.3 is 10.6 Å². The maximum absolute atomic E-state index is 12.3. The summed E-state index contributed by atoms with van der Waals surface area (Å²) in [5.74, 6) is -0.0691. The number of amides is 1. The SMILES string of the molecule is CC(=O)N1CCCc2ccc(S(=O)(=O)NCCC(C)N)cc21. The lowest BCUT2D eigenvalue weighted by Gasteiger charge is -2.29. The maximum atomic E-state index is 12.3. The first-order chi connectivity index (χ1) is 10.3. The Hall–Kier alpha value is -1.44. The average molecular weight is 325 g/mol. The van der Waals surface area contributed by atoms with Crippen LogP contribution >= 0.6 is 0 Å². The number of hydrogen-bond acceptors (Lipinski definition) is 4. The second-order valence-corrected chi connectivity index (χ2v) is 7.50. The van der Waals surface area contributed by atoms with Crippen molar-refractivity contribution in [1.82, 2.24) is 4.72 Å². The van der Waals surface area contributed by atoms with E-state index >= 15 is 0 Å².